The van der Waals surface area contributed by atoms with Crippen LogP contribution in [0.15, 0.2) is 8.95 Å². The van der Waals surface area contributed by atoms with Crippen LogP contribution in [0.5, 0.6) is 0 Å². The third-order valence-electron chi connectivity index (χ3n) is 0.990. The van der Waals surface area contributed by atoms with Gasteiger partial charge in [-0.15, -0.1) is 0 Å². The molecule has 1 rings (SSSR count). The topological polar surface area (TPSA) is 0 Å². The molecule has 1 aromatic rings. The molecule has 0 amide bonds. The average molecular weight is 289 g/mol. The van der Waals surface area contributed by atoms with E-state index in [9.17, 15) is 13.2 Å². The van der Waals surface area contributed by atoms with Crippen molar-refractivity contribution in [3.8, 4) is 0 Å². The molecule has 0 fully saturated rings. The highest BCUT2D eigenvalue weighted by Gasteiger charge is 2.15. The van der Waals surface area contributed by atoms with Crippen molar-refractivity contribution in [3.05, 3.63) is 32.5 Å². The SMILES string of the molecule is Fc1[c]c(Br)c(Br)c(F)c1F. The highest BCUT2D eigenvalue weighted by Crippen LogP contribution is 2.28. The van der Waals surface area contributed by atoms with Gasteiger partial charge in [-0.05, 0) is 31.9 Å². The van der Waals surface area contributed by atoms with Crippen molar-refractivity contribution < 1.29 is 13.2 Å². The van der Waals surface area contributed by atoms with Crippen molar-refractivity contribution in [2.75, 3.05) is 0 Å². The molecule has 11 heavy (non-hydrogen) atoms. The van der Waals surface area contributed by atoms with Gasteiger partial charge < -0.3 is 0 Å². The maximum atomic E-state index is 12.5. The van der Waals surface area contributed by atoms with Gasteiger partial charge in [0.25, 0.3) is 0 Å². The summed E-state index contributed by atoms with van der Waals surface area (Å²) < 4.78 is 37.0. The summed E-state index contributed by atoms with van der Waals surface area (Å²) in [5.41, 5.74) is 0. The first-order valence-corrected chi connectivity index (χ1v) is 4.03. The van der Waals surface area contributed by atoms with Crippen LogP contribution in [0.25, 0.3) is 0 Å². The smallest absolute Gasteiger partial charge is 0.196 e. The number of hydrogen-bond donors (Lipinski definition) is 0. The summed E-state index contributed by atoms with van der Waals surface area (Å²) in [5.74, 6) is -4.12. The van der Waals surface area contributed by atoms with E-state index in [0.29, 0.717) is 0 Å². The molecule has 0 bridgehead atoms. The highest BCUT2D eigenvalue weighted by atomic mass is 79.9. The quantitative estimate of drug-likeness (QED) is 0.507. The van der Waals surface area contributed by atoms with Gasteiger partial charge in [0.1, 0.15) is 0 Å². The number of rotatable bonds is 0. The fraction of sp³-hybridized carbons (Fsp3) is 0. The maximum Gasteiger partial charge on any atom is 0.196 e. The molecular formula is C6Br2F3. The van der Waals surface area contributed by atoms with E-state index >= 15 is 0 Å². The summed E-state index contributed by atoms with van der Waals surface area (Å²) >= 11 is 5.49. The van der Waals surface area contributed by atoms with Crippen LogP contribution in [-0.4, -0.2) is 0 Å². The Hall–Kier alpha value is -0.0300. The van der Waals surface area contributed by atoms with E-state index in [1.54, 1.807) is 0 Å². The predicted molar refractivity (Wildman–Crippen MR) is 40.6 cm³/mol. The second-order valence-corrected chi connectivity index (χ2v) is 3.28. The molecule has 0 heterocycles. The normalized spacial score (nSPS) is 10.3. The molecule has 0 atom stereocenters. The third kappa shape index (κ3) is 1.59. The number of hydrogen-bond acceptors (Lipinski definition) is 0. The minimum absolute atomic E-state index is 0.0221. The molecule has 0 unspecified atom stereocenters. The first-order valence-electron chi connectivity index (χ1n) is 2.44. The molecule has 1 aromatic carbocycles. The minimum Gasteiger partial charge on any atom is -0.203 e. The van der Waals surface area contributed by atoms with E-state index in [1.807, 2.05) is 6.07 Å². The molecule has 59 valence electrons. The van der Waals surface area contributed by atoms with Gasteiger partial charge in [0.2, 0.25) is 0 Å². The molecule has 0 aliphatic rings. The lowest BCUT2D eigenvalue weighted by Gasteiger charge is -1.98. The Bertz CT molecular complexity index is 272. The standard InChI is InChI=1S/C6Br2F3/c7-2-1-3(9)5(10)6(11)4(2)8. The lowest BCUT2D eigenvalue weighted by Crippen LogP contribution is -1.92. The van der Waals surface area contributed by atoms with Gasteiger partial charge in [-0.3, -0.25) is 0 Å². The summed E-state index contributed by atoms with van der Waals surface area (Å²) in [6.45, 7) is 0. The van der Waals surface area contributed by atoms with Crippen LogP contribution in [0.1, 0.15) is 0 Å². The summed E-state index contributed by atoms with van der Waals surface area (Å²) in [4.78, 5) is 0. The molecule has 0 aliphatic heterocycles. The van der Waals surface area contributed by atoms with Gasteiger partial charge in [-0.25, -0.2) is 13.2 Å². The Morgan fingerprint density at radius 3 is 2.09 bits per heavy atom. The highest BCUT2D eigenvalue weighted by molar-refractivity contribution is 9.13. The first-order chi connectivity index (χ1) is 5.04. The van der Waals surface area contributed by atoms with Gasteiger partial charge >= 0.3 is 0 Å². The van der Waals surface area contributed by atoms with Gasteiger partial charge in [-0.2, -0.15) is 0 Å². The molecule has 0 N–H and O–H groups in total. The number of halogens is 5. The van der Waals surface area contributed by atoms with E-state index in [1.165, 1.54) is 0 Å². The fourth-order valence-electron chi connectivity index (χ4n) is 0.495. The van der Waals surface area contributed by atoms with Crippen molar-refractivity contribution >= 4 is 31.9 Å². The minimum atomic E-state index is -1.53. The zero-order valence-corrected chi connectivity index (χ0v) is 8.06. The fourth-order valence-corrected chi connectivity index (χ4v) is 1.12. The second-order valence-electron chi connectivity index (χ2n) is 1.69. The van der Waals surface area contributed by atoms with E-state index in [-0.39, 0.29) is 8.95 Å². The Morgan fingerprint density at radius 1 is 1.00 bits per heavy atom. The zero-order valence-electron chi connectivity index (χ0n) is 4.89. The maximum absolute atomic E-state index is 12.5. The van der Waals surface area contributed by atoms with Crippen LogP contribution in [0, 0.1) is 23.5 Å². The molecule has 0 saturated heterocycles. The summed E-state index contributed by atoms with van der Waals surface area (Å²) in [6, 6.07) is 1.94. The molecule has 0 aromatic heterocycles. The summed E-state index contributed by atoms with van der Waals surface area (Å²) in [7, 11) is 0. The first kappa shape index (κ1) is 9.06. The second kappa shape index (κ2) is 3.15. The zero-order chi connectivity index (χ0) is 8.59. The Balaban J connectivity index is 3.46. The van der Waals surface area contributed by atoms with Gasteiger partial charge in [0, 0.05) is 10.5 Å². The van der Waals surface area contributed by atoms with Crippen LogP contribution >= 0.6 is 31.9 Å². The average Bonchev–Trinajstić information content (AvgIpc) is 1.97. The lowest BCUT2D eigenvalue weighted by atomic mass is 10.3. The van der Waals surface area contributed by atoms with E-state index in [0.717, 1.165) is 0 Å². The van der Waals surface area contributed by atoms with Crippen molar-refractivity contribution in [2.45, 2.75) is 0 Å². The monoisotopic (exact) mass is 287 g/mol. The van der Waals surface area contributed by atoms with Gasteiger partial charge in [-0.1, -0.05) is 0 Å². The van der Waals surface area contributed by atoms with E-state index < -0.39 is 17.5 Å². The van der Waals surface area contributed by atoms with Crippen molar-refractivity contribution in [1.82, 2.24) is 0 Å². The molecule has 5 heteroatoms. The van der Waals surface area contributed by atoms with Crippen LogP contribution in [0.4, 0.5) is 13.2 Å². The van der Waals surface area contributed by atoms with Crippen molar-refractivity contribution in [2.24, 2.45) is 0 Å². The van der Waals surface area contributed by atoms with Gasteiger partial charge in [0.15, 0.2) is 17.5 Å². The Kier molecular flexibility index (Phi) is 2.59. The van der Waals surface area contributed by atoms with Crippen LogP contribution in [-0.2, 0) is 0 Å². The van der Waals surface area contributed by atoms with Gasteiger partial charge in [0.05, 0.1) is 4.47 Å². The Labute approximate surface area is 77.7 Å². The molecule has 0 spiro atoms. The molecule has 0 nitrogen and oxygen atoms in total. The van der Waals surface area contributed by atoms with Crippen molar-refractivity contribution in [3.63, 3.8) is 0 Å². The Morgan fingerprint density at radius 2 is 1.55 bits per heavy atom. The lowest BCUT2D eigenvalue weighted by molar-refractivity contribution is 0.442. The molecule has 1 radical (unpaired) electrons. The summed E-state index contributed by atoms with van der Waals surface area (Å²) in [5, 5.41) is 0. The summed E-state index contributed by atoms with van der Waals surface area (Å²) in [6.07, 6.45) is 0. The van der Waals surface area contributed by atoms with Crippen LogP contribution in [0.3, 0.4) is 0 Å². The van der Waals surface area contributed by atoms with Crippen LogP contribution in [0.2, 0.25) is 0 Å². The van der Waals surface area contributed by atoms with Crippen LogP contribution < -0.4 is 0 Å². The molecule has 0 saturated carbocycles. The largest absolute Gasteiger partial charge is 0.203 e. The van der Waals surface area contributed by atoms with E-state index in [2.05, 4.69) is 31.9 Å². The predicted octanol–water partition coefficient (Wildman–Crippen LogP) is 3.43. The number of benzene rings is 1. The molecule has 0 aliphatic carbocycles. The van der Waals surface area contributed by atoms with Crippen molar-refractivity contribution in [1.29, 1.82) is 0 Å². The molecular weight excluding hydrogens is 289 g/mol. The van der Waals surface area contributed by atoms with E-state index in [4.69, 9.17) is 0 Å². The third-order valence-corrected chi connectivity index (χ3v) is 2.86.